The van der Waals surface area contributed by atoms with E-state index in [2.05, 4.69) is 24.8 Å². The van der Waals surface area contributed by atoms with E-state index in [1.165, 1.54) is 24.8 Å². The van der Waals surface area contributed by atoms with E-state index < -0.39 is 0 Å². The Balaban J connectivity index is 1.78. The number of hydrogen-bond donors (Lipinski definition) is 2. The van der Waals surface area contributed by atoms with Gasteiger partial charge in [0.05, 0.1) is 0 Å². The molecular formula is C17H26N2O. The molecule has 4 unspecified atom stereocenters. The van der Waals surface area contributed by atoms with Gasteiger partial charge in [0.2, 0.25) is 0 Å². The smallest absolute Gasteiger partial charge is 0.120 e. The van der Waals surface area contributed by atoms with Crippen LogP contribution in [0.4, 0.5) is 0 Å². The van der Waals surface area contributed by atoms with Crippen molar-refractivity contribution in [3.63, 3.8) is 0 Å². The zero-order valence-electron chi connectivity index (χ0n) is 12.5. The van der Waals surface area contributed by atoms with Crippen LogP contribution in [-0.2, 0) is 0 Å². The fourth-order valence-corrected chi connectivity index (χ4v) is 4.07. The molecule has 4 atom stereocenters. The molecule has 2 aliphatic rings. The average Bonchev–Trinajstić information content (AvgIpc) is 2.86. The summed E-state index contributed by atoms with van der Waals surface area (Å²) in [5, 5.41) is 10.1. The van der Waals surface area contributed by atoms with E-state index in [1.54, 1.807) is 0 Å². The third-order valence-corrected chi connectivity index (χ3v) is 5.36. The third kappa shape index (κ3) is 2.45. The van der Waals surface area contributed by atoms with Gasteiger partial charge in [-0.1, -0.05) is 24.1 Å². The van der Waals surface area contributed by atoms with Gasteiger partial charge in [0.25, 0.3) is 0 Å². The van der Waals surface area contributed by atoms with E-state index in [0.717, 1.165) is 24.6 Å². The predicted octanol–water partition coefficient (Wildman–Crippen LogP) is 2.82. The molecule has 3 rings (SSSR count). The first-order chi connectivity index (χ1) is 9.56. The van der Waals surface area contributed by atoms with Crippen LogP contribution in [0.1, 0.15) is 43.4 Å². The minimum absolute atomic E-state index is 0.271. The summed E-state index contributed by atoms with van der Waals surface area (Å²) >= 11 is 0. The first kappa shape index (κ1) is 13.9. The number of rotatable bonds is 2. The molecule has 1 aromatic carbocycles. The summed E-state index contributed by atoms with van der Waals surface area (Å²) in [7, 11) is 0. The molecule has 3 nitrogen and oxygen atoms in total. The van der Waals surface area contributed by atoms with Gasteiger partial charge in [-0.25, -0.2) is 0 Å². The first-order valence-electron chi connectivity index (χ1n) is 7.85. The van der Waals surface area contributed by atoms with Crippen molar-refractivity contribution < 1.29 is 5.11 Å². The van der Waals surface area contributed by atoms with Crippen molar-refractivity contribution in [2.45, 2.75) is 45.2 Å². The summed E-state index contributed by atoms with van der Waals surface area (Å²) in [6, 6.07) is 6.54. The van der Waals surface area contributed by atoms with Crippen molar-refractivity contribution in [1.82, 2.24) is 4.90 Å². The van der Waals surface area contributed by atoms with Crippen LogP contribution in [0, 0.1) is 18.8 Å². The summed E-state index contributed by atoms with van der Waals surface area (Å²) < 4.78 is 0. The predicted molar refractivity (Wildman–Crippen MR) is 81.6 cm³/mol. The van der Waals surface area contributed by atoms with Crippen LogP contribution in [0.3, 0.4) is 0 Å². The first-order valence-corrected chi connectivity index (χ1v) is 7.85. The van der Waals surface area contributed by atoms with E-state index in [4.69, 9.17) is 5.73 Å². The van der Waals surface area contributed by atoms with Crippen molar-refractivity contribution in [2.75, 3.05) is 13.1 Å². The van der Waals surface area contributed by atoms with Crippen LogP contribution >= 0.6 is 0 Å². The largest absolute Gasteiger partial charge is 0.508 e. The normalized spacial score (nSPS) is 32.0. The minimum atomic E-state index is 0.271. The summed E-state index contributed by atoms with van der Waals surface area (Å²) in [5.74, 6) is 1.83. The average molecular weight is 274 g/mol. The highest BCUT2D eigenvalue weighted by Crippen LogP contribution is 2.40. The number of aryl methyl sites for hydroxylation is 1. The minimum Gasteiger partial charge on any atom is -0.508 e. The zero-order valence-corrected chi connectivity index (χ0v) is 12.5. The fraction of sp³-hybridized carbons (Fsp3) is 0.647. The van der Waals surface area contributed by atoms with Crippen molar-refractivity contribution in [1.29, 1.82) is 0 Å². The number of hydrogen-bond acceptors (Lipinski definition) is 3. The Morgan fingerprint density at radius 2 is 2.10 bits per heavy atom. The Morgan fingerprint density at radius 3 is 2.85 bits per heavy atom. The lowest BCUT2D eigenvalue weighted by Gasteiger charge is -2.30. The summed E-state index contributed by atoms with van der Waals surface area (Å²) in [5.41, 5.74) is 8.56. The second kappa shape index (κ2) is 5.38. The Bertz CT molecular complexity index is 488. The van der Waals surface area contributed by atoms with Crippen molar-refractivity contribution in [2.24, 2.45) is 17.6 Å². The van der Waals surface area contributed by atoms with Gasteiger partial charge < -0.3 is 10.8 Å². The molecule has 20 heavy (non-hydrogen) atoms. The molecule has 3 heteroatoms. The number of benzene rings is 1. The van der Waals surface area contributed by atoms with Crippen molar-refractivity contribution in [3.8, 4) is 5.75 Å². The van der Waals surface area contributed by atoms with E-state index >= 15 is 0 Å². The third-order valence-electron chi connectivity index (χ3n) is 5.36. The second-order valence-electron chi connectivity index (χ2n) is 6.71. The molecular weight excluding hydrogens is 248 g/mol. The number of fused-ring (bicyclic) bond motifs is 1. The van der Waals surface area contributed by atoms with E-state index in [0.29, 0.717) is 17.7 Å². The lowest BCUT2D eigenvalue weighted by Crippen LogP contribution is -2.38. The molecule has 1 aromatic rings. The second-order valence-corrected chi connectivity index (χ2v) is 6.71. The molecule has 1 aliphatic heterocycles. The Kier molecular flexibility index (Phi) is 3.74. The fourth-order valence-electron chi connectivity index (χ4n) is 4.07. The molecule has 1 heterocycles. The molecule has 0 bridgehead atoms. The molecule has 1 aliphatic carbocycles. The molecule has 0 amide bonds. The Morgan fingerprint density at radius 1 is 1.30 bits per heavy atom. The van der Waals surface area contributed by atoms with Gasteiger partial charge in [-0.3, -0.25) is 4.90 Å². The van der Waals surface area contributed by atoms with Gasteiger partial charge >= 0.3 is 0 Å². The van der Waals surface area contributed by atoms with Crippen molar-refractivity contribution in [3.05, 3.63) is 29.3 Å². The Labute approximate surface area is 121 Å². The lowest BCUT2D eigenvalue weighted by molar-refractivity contribution is 0.241. The molecule has 2 fully saturated rings. The van der Waals surface area contributed by atoms with Gasteiger partial charge in [-0.15, -0.1) is 0 Å². The molecule has 1 saturated carbocycles. The lowest BCUT2D eigenvalue weighted by atomic mass is 9.78. The topological polar surface area (TPSA) is 49.5 Å². The van der Waals surface area contributed by atoms with Crippen LogP contribution in [0.2, 0.25) is 0 Å². The van der Waals surface area contributed by atoms with Crippen LogP contribution in [0.5, 0.6) is 5.75 Å². The molecule has 110 valence electrons. The number of aromatic hydroxyl groups is 1. The number of phenols is 1. The van der Waals surface area contributed by atoms with Crippen LogP contribution in [0.15, 0.2) is 18.2 Å². The number of likely N-dealkylation sites (tertiary alicyclic amines) is 1. The van der Waals surface area contributed by atoms with Crippen LogP contribution in [0.25, 0.3) is 0 Å². The van der Waals surface area contributed by atoms with Crippen LogP contribution < -0.4 is 5.73 Å². The summed E-state index contributed by atoms with van der Waals surface area (Å²) in [6.07, 6.45) is 3.78. The maximum absolute atomic E-state index is 10.1. The van der Waals surface area contributed by atoms with Gasteiger partial charge in [-0.05, 0) is 44.6 Å². The maximum Gasteiger partial charge on any atom is 0.120 e. The maximum atomic E-state index is 10.1. The van der Waals surface area contributed by atoms with E-state index in [9.17, 15) is 5.11 Å². The molecule has 0 spiro atoms. The molecule has 0 radical (unpaired) electrons. The standard InChI is InChI=1S/C17H26N2O/c1-11-6-7-17(20)14(8-11)12(2)19-9-13-4-3-5-16(18)15(13)10-19/h6-8,12-13,15-16,20H,3-5,9-10,18H2,1-2H3. The van der Waals surface area contributed by atoms with Crippen molar-refractivity contribution >= 4 is 0 Å². The van der Waals surface area contributed by atoms with Gasteiger partial charge in [0.15, 0.2) is 0 Å². The van der Waals surface area contributed by atoms with E-state index in [-0.39, 0.29) is 6.04 Å². The number of nitrogens with zero attached hydrogens (tertiary/aromatic N) is 1. The Hall–Kier alpha value is -1.06. The highest BCUT2D eigenvalue weighted by Gasteiger charge is 2.40. The molecule has 1 saturated heterocycles. The number of phenolic OH excluding ortho intramolecular Hbond substituents is 1. The van der Waals surface area contributed by atoms with Gasteiger partial charge in [0, 0.05) is 30.7 Å². The SMILES string of the molecule is Cc1ccc(O)c(C(C)N2CC3CCCC(N)C3C2)c1. The monoisotopic (exact) mass is 274 g/mol. The van der Waals surface area contributed by atoms with Crippen LogP contribution in [-0.4, -0.2) is 29.1 Å². The zero-order chi connectivity index (χ0) is 14.3. The van der Waals surface area contributed by atoms with Gasteiger partial charge in [-0.2, -0.15) is 0 Å². The highest BCUT2D eigenvalue weighted by atomic mass is 16.3. The van der Waals surface area contributed by atoms with Gasteiger partial charge in [0.1, 0.15) is 5.75 Å². The summed E-state index contributed by atoms with van der Waals surface area (Å²) in [4.78, 5) is 2.51. The van der Waals surface area contributed by atoms with E-state index in [1.807, 2.05) is 12.1 Å². The molecule has 3 N–H and O–H groups in total. The molecule has 0 aromatic heterocycles. The summed E-state index contributed by atoms with van der Waals surface area (Å²) in [6.45, 7) is 6.50. The highest BCUT2D eigenvalue weighted by molar-refractivity contribution is 5.37. The quantitative estimate of drug-likeness (QED) is 0.872. The number of nitrogens with two attached hydrogens (primary N) is 1.